The first-order chi connectivity index (χ1) is 22.0. The quantitative estimate of drug-likeness (QED) is 0.211. The van der Waals surface area contributed by atoms with Crippen molar-refractivity contribution in [3.05, 3.63) is 76.0 Å². The van der Waals surface area contributed by atoms with E-state index >= 15 is 0 Å². The number of hydrogen-bond donors (Lipinski definition) is 1. The molecular formula is C36H45N7OS. The first-order valence-corrected chi connectivity index (χ1v) is 17.9. The van der Waals surface area contributed by atoms with Crippen LogP contribution in [0.2, 0.25) is 0 Å². The zero-order valence-corrected chi connectivity index (χ0v) is 27.7. The maximum absolute atomic E-state index is 14.5. The largest absolute Gasteiger partial charge is 0.324 e. The van der Waals surface area contributed by atoms with E-state index in [4.69, 9.17) is 15.0 Å². The lowest BCUT2D eigenvalue weighted by molar-refractivity contribution is 0.183. The van der Waals surface area contributed by atoms with Crippen LogP contribution in [0.25, 0.3) is 22.2 Å². The Morgan fingerprint density at radius 2 is 1.62 bits per heavy atom. The van der Waals surface area contributed by atoms with Gasteiger partial charge in [0.05, 0.1) is 11.7 Å². The highest BCUT2D eigenvalue weighted by Gasteiger charge is 2.27. The van der Waals surface area contributed by atoms with E-state index < -0.39 is 0 Å². The predicted octanol–water partition coefficient (Wildman–Crippen LogP) is 7.63. The summed E-state index contributed by atoms with van der Waals surface area (Å²) in [4.78, 5) is 31.5. The monoisotopic (exact) mass is 623 g/mol. The average molecular weight is 624 g/mol. The minimum absolute atomic E-state index is 0.00287. The van der Waals surface area contributed by atoms with E-state index in [0.29, 0.717) is 29.1 Å². The second-order valence-corrected chi connectivity index (χ2v) is 14.1. The van der Waals surface area contributed by atoms with Gasteiger partial charge in [-0.25, -0.2) is 4.98 Å². The van der Waals surface area contributed by atoms with Crippen LogP contribution in [0.5, 0.6) is 0 Å². The maximum Gasteiger partial charge on any atom is 0.260 e. The Morgan fingerprint density at radius 3 is 2.33 bits per heavy atom. The van der Waals surface area contributed by atoms with Gasteiger partial charge in [-0.05, 0) is 107 Å². The summed E-state index contributed by atoms with van der Waals surface area (Å²) in [5.41, 5.74) is 6.82. The number of nitrogens with zero attached hydrogens (tertiary/aromatic N) is 6. The number of aryl methyl sites for hydroxylation is 1. The van der Waals surface area contributed by atoms with Gasteiger partial charge in [0.25, 0.3) is 5.56 Å². The van der Waals surface area contributed by atoms with Crippen LogP contribution in [0.1, 0.15) is 92.6 Å². The van der Waals surface area contributed by atoms with Crippen molar-refractivity contribution in [1.82, 2.24) is 28.7 Å². The molecule has 0 amide bonds. The van der Waals surface area contributed by atoms with Crippen LogP contribution in [0.3, 0.4) is 0 Å². The van der Waals surface area contributed by atoms with Gasteiger partial charge >= 0.3 is 0 Å². The second kappa shape index (κ2) is 13.2. The fourth-order valence-corrected chi connectivity index (χ4v) is 8.29. The van der Waals surface area contributed by atoms with Crippen LogP contribution in [0.15, 0.2) is 53.6 Å². The summed E-state index contributed by atoms with van der Waals surface area (Å²) >= 11 is 1.78. The van der Waals surface area contributed by atoms with Crippen LogP contribution < -0.4 is 10.9 Å². The van der Waals surface area contributed by atoms with Crippen molar-refractivity contribution in [2.45, 2.75) is 82.7 Å². The van der Waals surface area contributed by atoms with Gasteiger partial charge in [0, 0.05) is 53.7 Å². The molecule has 0 spiro atoms. The SMILES string of the molecule is CSN1CCC(n2c(=O)c(-c3cnc(C4CCCCN4C)cc3C)cc3cnc(Nc4ccc(C5CCCC5)cc4)nc32)CC1. The van der Waals surface area contributed by atoms with Crippen LogP contribution in [0.4, 0.5) is 11.6 Å². The van der Waals surface area contributed by atoms with Crippen molar-refractivity contribution < 1.29 is 0 Å². The fourth-order valence-electron chi connectivity index (χ4n) is 7.71. The van der Waals surface area contributed by atoms with Crippen LogP contribution in [-0.2, 0) is 0 Å². The molecule has 1 N–H and O–H groups in total. The normalized spacial score (nSPS) is 20.6. The third kappa shape index (κ3) is 6.27. The number of fused-ring (bicyclic) bond motifs is 1. The van der Waals surface area contributed by atoms with E-state index in [-0.39, 0.29) is 11.6 Å². The van der Waals surface area contributed by atoms with E-state index in [2.05, 4.69) is 65.1 Å². The van der Waals surface area contributed by atoms with Crippen molar-refractivity contribution >= 4 is 34.6 Å². The average Bonchev–Trinajstić information content (AvgIpc) is 3.61. The summed E-state index contributed by atoms with van der Waals surface area (Å²) in [5, 5.41) is 4.28. The molecule has 3 aromatic heterocycles. The molecule has 1 saturated carbocycles. The van der Waals surface area contributed by atoms with Crippen LogP contribution in [-0.4, -0.2) is 61.7 Å². The highest BCUT2D eigenvalue weighted by molar-refractivity contribution is 7.96. The summed E-state index contributed by atoms with van der Waals surface area (Å²) in [6.07, 6.45) is 16.5. The van der Waals surface area contributed by atoms with Gasteiger partial charge in [-0.3, -0.25) is 23.6 Å². The Morgan fingerprint density at radius 1 is 0.867 bits per heavy atom. The van der Waals surface area contributed by atoms with E-state index in [0.717, 1.165) is 66.8 Å². The van der Waals surface area contributed by atoms with E-state index in [1.807, 2.05) is 23.0 Å². The van der Waals surface area contributed by atoms with Gasteiger partial charge in [0.15, 0.2) is 0 Å². The molecule has 5 heterocycles. The van der Waals surface area contributed by atoms with Crippen molar-refractivity contribution in [2.24, 2.45) is 0 Å². The number of rotatable bonds is 7. The fraction of sp³-hybridized carbons (Fsp3) is 0.500. The summed E-state index contributed by atoms with van der Waals surface area (Å²) in [5.74, 6) is 1.19. The number of aromatic nitrogens is 4. The lowest BCUT2D eigenvalue weighted by Crippen LogP contribution is -2.35. The minimum Gasteiger partial charge on any atom is -0.324 e. The Bertz CT molecular complexity index is 1710. The molecule has 1 unspecified atom stereocenters. The van der Waals surface area contributed by atoms with E-state index in [1.165, 1.54) is 44.1 Å². The Labute approximate surface area is 270 Å². The molecule has 1 aliphatic carbocycles. The van der Waals surface area contributed by atoms with Gasteiger partial charge < -0.3 is 5.32 Å². The number of nitrogens with one attached hydrogen (secondary N) is 1. The summed E-state index contributed by atoms with van der Waals surface area (Å²) in [6.45, 7) is 5.09. The molecule has 8 nitrogen and oxygen atoms in total. The number of likely N-dealkylation sites (tertiary alicyclic amines) is 1. The standard InChI is InChI=1S/C36H45N7OS/c1-24-20-32(33-10-6-7-17-41(33)2)37-23-31(24)30-21-27-22-38-36(39-28-13-11-26(12-14-28)25-8-4-5-9-25)40-34(27)43(35(30)44)29-15-18-42(45-3)19-16-29/h11-14,20-23,25,29,33H,4-10,15-19H2,1-3H3,(H,38,39,40). The summed E-state index contributed by atoms with van der Waals surface area (Å²) < 4.78 is 4.33. The minimum atomic E-state index is 0.00287. The van der Waals surface area contributed by atoms with Gasteiger partial charge in [-0.2, -0.15) is 4.98 Å². The zero-order chi connectivity index (χ0) is 30.9. The van der Waals surface area contributed by atoms with Gasteiger partial charge in [0.1, 0.15) is 5.65 Å². The second-order valence-electron chi connectivity index (χ2n) is 13.2. The van der Waals surface area contributed by atoms with E-state index in [1.54, 1.807) is 11.9 Å². The molecule has 45 heavy (non-hydrogen) atoms. The van der Waals surface area contributed by atoms with Gasteiger partial charge in [-0.15, -0.1) is 0 Å². The molecule has 1 aromatic carbocycles. The molecule has 236 valence electrons. The molecule has 1 atom stereocenters. The lowest BCUT2D eigenvalue weighted by atomic mass is 9.96. The number of pyridine rings is 2. The van der Waals surface area contributed by atoms with Crippen LogP contribution >= 0.6 is 11.9 Å². The van der Waals surface area contributed by atoms with Crippen molar-refractivity contribution in [3.8, 4) is 11.1 Å². The molecule has 3 aliphatic rings. The highest BCUT2D eigenvalue weighted by atomic mass is 32.2. The van der Waals surface area contributed by atoms with Crippen molar-refractivity contribution in [3.63, 3.8) is 0 Å². The molecular weight excluding hydrogens is 579 g/mol. The molecule has 3 fully saturated rings. The Kier molecular flexibility index (Phi) is 8.93. The van der Waals surface area contributed by atoms with Gasteiger partial charge in [0.2, 0.25) is 5.95 Å². The first-order valence-electron chi connectivity index (χ1n) is 16.7. The summed E-state index contributed by atoms with van der Waals surface area (Å²) in [7, 11) is 2.19. The zero-order valence-electron chi connectivity index (χ0n) is 26.8. The number of anilines is 2. The molecule has 2 saturated heterocycles. The molecule has 7 rings (SSSR count). The van der Waals surface area contributed by atoms with Crippen molar-refractivity contribution in [1.29, 1.82) is 0 Å². The molecule has 2 aliphatic heterocycles. The van der Waals surface area contributed by atoms with Crippen LogP contribution in [0, 0.1) is 6.92 Å². The first kappa shape index (κ1) is 30.4. The smallest absolute Gasteiger partial charge is 0.260 e. The maximum atomic E-state index is 14.5. The molecule has 4 aromatic rings. The van der Waals surface area contributed by atoms with Gasteiger partial charge in [-0.1, -0.05) is 43.3 Å². The van der Waals surface area contributed by atoms with E-state index in [9.17, 15) is 4.79 Å². The number of hydrogen-bond acceptors (Lipinski definition) is 8. The molecule has 9 heteroatoms. The summed E-state index contributed by atoms with van der Waals surface area (Å²) in [6, 6.07) is 13.3. The lowest BCUT2D eigenvalue weighted by Gasteiger charge is -2.32. The predicted molar refractivity (Wildman–Crippen MR) is 185 cm³/mol. The Balaban J connectivity index is 1.25. The highest BCUT2D eigenvalue weighted by Crippen LogP contribution is 2.35. The molecule has 0 bridgehead atoms. The number of piperidine rings is 2. The Hall–Kier alpha value is -3.27. The molecule has 0 radical (unpaired) electrons. The van der Waals surface area contributed by atoms with Crippen molar-refractivity contribution in [2.75, 3.05) is 38.3 Å². The number of benzene rings is 1. The third-order valence-corrected chi connectivity index (χ3v) is 11.2. The third-order valence-electron chi connectivity index (χ3n) is 10.3. The topological polar surface area (TPSA) is 79.2 Å².